The van der Waals surface area contributed by atoms with Gasteiger partial charge in [-0.2, -0.15) is 0 Å². The van der Waals surface area contributed by atoms with Crippen molar-refractivity contribution in [1.29, 1.82) is 0 Å². The summed E-state index contributed by atoms with van der Waals surface area (Å²) in [7, 11) is -3.73. The van der Waals surface area contributed by atoms with Gasteiger partial charge < -0.3 is 5.32 Å². The van der Waals surface area contributed by atoms with Crippen molar-refractivity contribution in [3.05, 3.63) is 88.4 Å². The Balaban J connectivity index is 1.63. The lowest BCUT2D eigenvalue weighted by atomic mass is 10.1. The first-order chi connectivity index (χ1) is 14.8. The lowest BCUT2D eigenvalue weighted by Gasteiger charge is -2.24. The molecular formula is C24H23ClN2O3S. The van der Waals surface area contributed by atoms with E-state index >= 15 is 0 Å². The predicted molar refractivity (Wildman–Crippen MR) is 124 cm³/mol. The summed E-state index contributed by atoms with van der Waals surface area (Å²) in [5, 5.41) is 3.45. The monoisotopic (exact) mass is 454 g/mol. The van der Waals surface area contributed by atoms with Crippen LogP contribution >= 0.6 is 11.6 Å². The molecule has 5 nitrogen and oxygen atoms in total. The summed E-state index contributed by atoms with van der Waals surface area (Å²) in [6.07, 6.45) is 1.35. The Morgan fingerprint density at radius 3 is 2.52 bits per heavy atom. The maximum atomic E-state index is 13.3. The van der Waals surface area contributed by atoms with Gasteiger partial charge in [0.2, 0.25) is 0 Å². The van der Waals surface area contributed by atoms with Crippen LogP contribution in [-0.2, 0) is 22.9 Å². The molecule has 3 aromatic carbocycles. The van der Waals surface area contributed by atoms with Gasteiger partial charge in [-0.05, 0) is 79.4 Å². The average Bonchev–Trinajstić information content (AvgIpc) is 3.10. The maximum Gasteiger partial charge on any atom is 0.264 e. The molecule has 160 valence electrons. The van der Waals surface area contributed by atoms with Crippen LogP contribution in [-0.4, -0.2) is 20.4 Å². The third kappa shape index (κ3) is 4.05. The molecule has 0 spiro atoms. The summed E-state index contributed by atoms with van der Waals surface area (Å²) in [6, 6.07) is 18.8. The number of nitrogens with one attached hydrogen (secondary N) is 1. The van der Waals surface area contributed by atoms with Crippen molar-refractivity contribution in [2.75, 3.05) is 9.62 Å². The van der Waals surface area contributed by atoms with Crippen LogP contribution in [0.5, 0.6) is 0 Å². The van der Waals surface area contributed by atoms with Gasteiger partial charge >= 0.3 is 0 Å². The quantitative estimate of drug-likeness (QED) is 0.569. The predicted octanol–water partition coefficient (Wildman–Crippen LogP) is 5.29. The fraction of sp³-hybridized carbons (Fsp3) is 0.208. The van der Waals surface area contributed by atoms with Crippen molar-refractivity contribution < 1.29 is 13.2 Å². The number of rotatable bonds is 5. The minimum absolute atomic E-state index is 0.189. The molecule has 0 saturated heterocycles. The molecule has 1 aliphatic rings. The molecule has 0 aromatic heterocycles. The second-order valence-electron chi connectivity index (χ2n) is 7.62. The Morgan fingerprint density at radius 1 is 1.10 bits per heavy atom. The van der Waals surface area contributed by atoms with Gasteiger partial charge in [0, 0.05) is 22.3 Å². The lowest BCUT2D eigenvalue weighted by molar-refractivity contribution is 0.102. The molecule has 7 heteroatoms. The zero-order valence-electron chi connectivity index (χ0n) is 17.3. The summed E-state index contributed by atoms with van der Waals surface area (Å²) in [4.78, 5) is 13.0. The zero-order chi connectivity index (χ0) is 22.2. The molecule has 0 unspecified atom stereocenters. The molecule has 31 heavy (non-hydrogen) atoms. The van der Waals surface area contributed by atoms with Crippen LogP contribution in [0.2, 0.25) is 5.02 Å². The van der Waals surface area contributed by atoms with Gasteiger partial charge in [-0.3, -0.25) is 9.10 Å². The summed E-state index contributed by atoms with van der Waals surface area (Å²) < 4.78 is 27.9. The molecule has 0 saturated carbocycles. The Kier molecular flexibility index (Phi) is 5.77. The topological polar surface area (TPSA) is 66.5 Å². The van der Waals surface area contributed by atoms with E-state index < -0.39 is 10.0 Å². The summed E-state index contributed by atoms with van der Waals surface area (Å²) in [6.45, 7) is 3.90. The van der Waals surface area contributed by atoms with E-state index in [1.54, 1.807) is 30.3 Å². The van der Waals surface area contributed by atoms with E-state index in [9.17, 15) is 13.2 Å². The number of nitrogens with zero attached hydrogens (tertiary/aromatic N) is 1. The van der Waals surface area contributed by atoms with E-state index in [1.165, 1.54) is 16.4 Å². The molecular weight excluding hydrogens is 432 g/mol. The first-order valence-corrected chi connectivity index (χ1v) is 11.9. The number of hydrogen-bond acceptors (Lipinski definition) is 3. The number of para-hydroxylation sites is 1. The molecule has 3 aromatic rings. The van der Waals surface area contributed by atoms with E-state index in [2.05, 4.69) is 5.32 Å². The fourth-order valence-electron chi connectivity index (χ4n) is 3.98. The number of anilines is 2. The van der Waals surface area contributed by atoms with Crippen LogP contribution in [0.25, 0.3) is 0 Å². The summed E-state index contributed by atoms with van der Waals surface area (Å²) in [5.41, 5.74) is 3.79. The molecule has 1 aliphatic heterocycles. The summed E-state index contributed by atoms with van der Waals surface area (Å²) >= 11 is 5.91. The number of carbonyl (C=O) groups excluding carboxylic acids is 1. The fourth-order valence-corrected chi connectivity index (χ4v) is 5.79. The zero-order valence-corrected chi connectivity index (χ0v) is 18.9. The van der Waals surface area contributed by atoms with Crippen LogP contribution in [0.3, 0.4) is 0 Å². The third-order valence-electron chi connectivity index (χ3n) is 5.51. The van der Waals surface area contributed by atoms with Gasteiger partial charge in [0.05, 0.1) is 10.6 Å². The highest BCUT2D eigenvalue weighted by Crippen LogP contribution is 2.37. The number of benzene rings is 3. The van der Waals surface area contributed by atoms with Crippen molar-refractivity contribution in [3.8, 4) is 0 Å². The number of sulfonamides is 1. The Bertz CT molecular complexity index is 1240. The Labute approximate surface area is 187 Å². The highest BCUT2D eigenvalue weighted by Gasteiger charge is 2.36. The van der Waals surface area contributed by atoms with Crippen molar-refractivity contribution in [3.63, 3.8) is 0 Å². The second kappa shape index (κ2) is 8.36. The van der Waals surface area contributed by atoms with Crippen LogP contribution in [0.15, 0.2) is 71.6 Å². The van der Waals surface area contributed by atoms with Crippen LogP contribution < -0.4 is 9.62 Å². The van der Waals surface area contributed by atoms with Crippen molar-refractivity contribution in [2.45, 2.75) is 37.6 Å². The van der Waals surface area contributed by atoms with Gasteiger partial charge in [0.15, 0.2) is 0 Å². The minimum atomic E-state index is -3.73. The number of fused-ring (bicyclic) bond motifs is 1. The molecule has 0 bridgehead atoms. The molecule has 0 radical (unpaired) electrons. The van der Waals surface area contributed by atoms with Gasteiger partial charge in [-0.15, -0.1) is 0 Å². The van der Waals surface area contributed by atoms with Crippen LogP contribution in [0, 0.1) is 0 Å². The van der Waals surface area contributed by atoms with Crippen LogP contribution in [0.1, 0.15) is 35.3 Å². The van der Waals surface area contributed by atoms with E-state index in [0.29, 0.717) is 22.7 Å². The number of amides is 1. The Hall–Kier alpha value is -2.83. The van der Waals surface area contributed by atoms with Gasteiger partial charge in [0.25, 0.3) is 15.9 Å². The standard InChI is InChI=1S/C24H23ClN2O3S/c1-3-17-6-4-5-7-22(17)26-24(28)18-8-13-23-19(15-18)14-16(2)27(23)31(29,30)21-11-9-20(25)10-12-21/h4-13,15-16H,3,14H2,1-2H3,(H,26,28)/t16-/m1/s1. The second-order valence-corrected chi connectivity index (χ2v) is 9.87. The van der Waals surface area contributed by atoms with Crippen molar-refractivity contribution >= 4 is 38.9 Å². The van der Waals surface area contributed by atoms with Crippen molar-refractivity contribution in [2.24, 2.45) is 0 Å². The Morgan fingerprint density at radius 2 is 1.81 bits per heavy atom. The maximum absolute atomic E-state index is 13.3. The highest BCUT2D eigenvalue weighted by atomic mass is 35.5. The first-order valence-electron chi connectivity index (χ1n) is 10.1. The molecule has 0 aliphatic carbocycles. The number of halogens is 1. The SMILES string of the molecule is CCc1ccccc1NC(=O)c1ccc2c(c1)C[C@@H](C)N2S(=O)(=O)c1ccc(Cl)cc1. The number of aryl methyl sites for hydroxylation is 1. The highest BCUT2D eigenvalue weighted by molar-refractivity contribution is 7.92. The largest absolute Gasteiger partial charge is 0.322 e. The van der Waals surface area contributed by atoms with E-state index in [1.807, 2.05) is 38.1 Å². The number of hydrogen-bond donors (Lipinski definition) is 1. The smallest absolute Gasteiger partial charge is 0.264 e. The molecule has 1 amide bonds. The number of carbonyl (C=O) groups is 1. The van der Waals surface area contributed by atoms with Crippen LogP contribution in [0.4, 0.5) is 11.4 Å². The van der Waals surface area contributed by atoms with Gasteiger partial charge in [-0.25, -0.2) is 8.42 Å². The molecule has 1 atom stereocenters. The molecule has 4 rings (SSSR count). The lowest BCUT2D eigenvalue weighted by Crippen LogP contribution is -2.35. The van der Waals surface area contributed by atoms with E-state index in [4.69, 9.17) is 11.6 Å². The van der Waals surface area contributed by atoms with E-state index in [-0.39, 0.29) is 16.8 Å². The van der Waals surface area contributed by atoms with Crippen molar-refractivity contribution in [1.82, 2.24) is 0 Å². The average molecular weight is 455 g/mol. The molecule has 1 heterocycles. The first kappa shape index (κ1) is 21.4. The minimum Gasteiger partial charge on any atom is -0.322 e. The summed E-state index contributed by atoms with van der Waals surface area (Å²) in [5.74, 6) is -0.213. The van der Waals surface area contributed by atoms with Gasteiger partial charge in [0.1, 0.15) is 0 Å². The molecule has 0 fully saturated rings. The normalized spacial score (nSPS) is 15.6. The molecule has 1 N–H and O–H groups in total. The van der Waals surface area contributed by atoms with E-state index in [0.717, 1.165) is 23.2 Å². The third-order valence-corrected chi connectivity index (χ3v) is 7.71. The van der Waals surface area contributed by atoms with Gasteiger partial charge in [-0.1, -0.05) is 36.7 Å².